The zero-order chi connectivity index (χ0) is 19.1. The molecule has 138 valence electrons. The quantitative estimate of drug-likeness (QED) is 0.529. The van der Waals surface area contributed by atoms with Crippen molar-refractivity contribution in [2.75, 3.05) is 18.4 Å². The smallest absolute Gasteiger partial charge is 0.319 e. The van der Waals surface area contributed by atoms with Crippen molar-refractivity contribution >= 4 is 40.6 Å². The van der Waals surface area contributed by atoms with Crippen LogP contribution in [-0.2, 0) is 0 Å². The van der Waals surface area contributed by atoms with E-state index in [0.717, 1.165) is 11.1 Å². The average molecular weight is 400 g/mol. The summed E-state index contributed by atoms with van der Waals surface area (Å²) in [7, 11) is 0. The number of hydrogen-bond acceptors (Lipinski definition) is 3. The number of thiophene rings is 1. The highest BCUT2D eigenvalue weighted by Crippen LogP contribution is 2.22. The molecule has 27 heavy (non-hydrogen) atoms. The van der Waals surface area contributed by atoms with Crippen LogP contribution in [0.1, 0.15) is 10.4 Å². The SMILES string of the molecule is O=C(NCCNC(=O)c1cccc(-c2ccsc2)c1)Nc1ccc(Cl)cc1. The largest absolute Gasteiger partial charge is 0.350 e. The van der Waals surface area contributed by atoms with E-state index < -0.39 is 0 Å². The van der Waals surface area contributed by atoms with E-state index in [4.69, 9.17) is 11.6 Å². The molecule has 0 aliphatic carbocycles. The van der Waals surface area contributed by atoms with Crippen molar-refractivity contribution in [3.05, 3.63) is 75.9 Å². The second-order valence-electron chi connectivity index (χ2n) is 5.74. The first kappa shape index (κ1) is 18.9. The standard InChI is InChI=1S/C20H18ClN3O2S/c21-17-4-6-18(7-5-17)24-20(26)23-10-9-22-19(25)15-3-1-2-14(12-15)16-8-11-27-13-16/h1-8,11-13H,9-10H2,(H,22,25)(H2,23,24,26). The Bertz CT molecular complexity index is 911. The summed E-state index contributed by atoms with van der Waals surface area (Å²) < 4.78 is 0. The van der Waals surface area contributed by atoms with Gasteiger partial charge in [-0.05, 0) is 64.4 Å². The highest BCUT2D eigenvalue weighted by Gasteiger charge is 2.07. The molecule has 7 heteroatoms. The lowest BCUT2D eigenvalue weighted by Gasteiger charge is -2.09. The Morgan fingerprint density at radius 2 is 1.70 bits per heavy atom. The third-order valence-corrected chi connectivity index (χ3v) is 4.71. The third kappa shape index (κ3) is 5.57. The summed E-state index contributed by atoms with van der Waals surface area (Å²) >= 11 is 7.42. The number of hydrogen-bond donors (Lipinski definition) is 3. The van der Waals surface area contributed by atoms with E-state index in [-0.39, 0.29) is 11.9 Å². The number of anilines is 1. The molecule has 0 atom stereocenters. The fourth-order valence-corrected chi connectivity index (χ4v) is 3.22. The molecule has 0 saturated heterocycles. The van der Waals surface area contributed by atoms with E-state index in [1.54, 1.807) is 41.7 Å². The fourth-order valence-electron chi connectivity index (χ4n) is 2.43. The molecule has 3 N–H and O–H groups in total. The van der Waals surface area contributed by atoms with Crippen LogP contribution in [0.2, 0.25) is 5.02 Å². The van der Waals surface area contributed by atoms with Gasteiger partial charge < -0.3 is 16.0 Å². The zero-order valence-corrected chi connectivity index (χ0v) is 15.9. The maximum atomic E-state index is 12.3. The van der Waals surface area contributed by atoms with Crippen molar-refractivity contribution in [1.82, 2.24) is 10.6 Å². The summed E-state index contributed by atoms with van der Waals surface area (Å²) in [5.74, 6) is -0.174. The van der Waals surface area contributed by atoms with Crippen molar-refractivity contribution in [1.29, 1.82) is 0 Å². The van der Waals surface area contributed by atoms with Gasteiger partial charge in [0.2, 0.25) is 0 Å². The number of halogens is 1. The van der Waals surface area contributed by atoms with Gasteiger partial charge in [0.15, 0.2) is 0 Å². The molecule has 0 fully saturated rings. The highest BCUT2D eigenvalue weighted by atomic mass is 35.5. The molecule has 2 aromatic carbocycles. The fraction of sp³-hybridized carbons (Fsp3) is 0.100. The van der Waals surface area contributed by atoms with Crippen molar-refractivity contribution in [3.8, 4) is 11.1 Å². The summed E-state index contributed by atoms with van der Waals surface area (Å²) in [4.78, 5) is 24.1. The van der Waals surface area contributed by atoms with Gasteiger partial charge in [-0.1, -0.05) is 23.7 Å². The predicted octanol–water partition coefficient (Wildman–Crippen LogP) is 4.62. The van der Waals surface area contributed by atoms with Gasteiger partial charge in [0.05, 0.1) is 0 Å². The second-order valence-corrected chi connectivity index (χ2v) is 6.95. The van der Waals surface area contributed by atoms with Crippen LogP contribution in [0, 0.1) is 0 Å². The van der Waals surface area contributed by atoms with Crippen molar-refractivity contribution in [2.45, 2.75) is 0 Å². The molecule has 5 nitrogen and oxygen atoms in total. The van der Waals surface area contributed by atoms with Gasteiger partial charge in [-0.3, -0.25) is 4.79 Å². The number of nitrogens with one attached hydrogen (secondary N) is 3. The van der Waals surface area contributed by atoms with E-state index in [9.17, 15) is 9.59 Å². The van der Waals surface area contributed by atoms with Gasteiger partial charge in [0.1, 0.15) is 0 Å². The molecule has 0 saturated carbocycles. The van der Waals surface area contributed by atoms with Crippen LogP contribution in [0.15, 0.2) is 65.4 Å². The minimum atomic E-state index is -0.342. The van der Waals surface area contributed by atoms with Gasteiger partial charge in [0.25, 0.3) is 5.91 Å². The molecule has 0 radical (unpaired) electrons. The Labute approximate surface area is 166 Å². The molecular weight excluding hydrogens is 382 g/mol. The molecule has 1 aromatic heterocycles. The predicted molar refractivity (Wildman–Crippen MR) is 111 cm³/mol. The Kier molecular flexibility index (Phi) is 6.46. The zero-order valence-electron chi connectivity index (χ0n) is 14.4. The van der Waals surface area contributed by atoms with Gasteiger partial charge >= 0.3 is 6.03 Å². The van der Waals surface area contributed by atoms with Crippen LogP contribution in [0.4, 0.5) is 10.5 Å². The molecule has 1 heterocycles. The van der Waals surface area contributed by atoms with Crippen LogP contribution in [0.3, 0.4) is 0 Å². The Morgan fingerprint density at radius 1 is 0.926 bits per heavy atom. The number of urea groups is 1. The molecule has 0 aliphatic rings. The highest BCUT2D eigenvalue weighted by molar-refractivity contribution is 7.08. The lowest BCUT2D eigenvalue weighted by Crippen LogP contribution is -2.36. The third-order valence-electron chi connectivity index (χ3n) is 3.78. The first-order valence-corrected chi connectivity index (χ1v) is 9.65. The van der Waals surface area contributed by atoms with Crippen LogP contribution in [-0.4, -0.2) is 25.0 Å². The number of benzene rings is 2. The molecule has 0 aliphatic heterocycles. The summed E-state index contributed by atoms with van der Waals surface area (Å²) in [6, 6.07) is 16.0. The Hall–Kier alpha value is -2.83. The van der Waals surface area contributed by atoms with Crippen molar-refractivity contribution in [2.24, 2.45) is 0 Å². The average Bonchev–Trinajstić information content (AvgIpc) is 3.22. The van der Waals surface area contributed by atoms with E-state index in [0.29, 0.717) is 29.4 Å². The first-order valence-electron chi connectivity index (χ1n) is 8.33. The number of amides is 3. The minimum absolute atomic E-state index is 0.174. The van der Waals surface area contributed by atoms with E-state index >= 15 is 0 Å². The summed E-state index contributed by atoms with van der Waals surface area (Å²) in [6.07, 6.45) is 0. The van der Waals surface area contributed by atoms with Gasteiger partial charge in [-0.2, -0.15) is 11.3 Å². The molecule has 0 spiro atoms. The van der Waals surface area contributed by atoms with Crippen LogP contribution in [0.25, 0.3) is 11.1 Å². The lowest BCUT2D eigenvalue weighted by molar-refractivity contribution is 0.0954. The molecular formula is C20H18ClN3O2S. The Morgan fingerprint density at radius 3 is 2.44 bits per heavy atom. The number of carbonyl (C=O) groups is 2. The maximum Gasteiger partial charge on any atom is 0.319 e. The molecule has 3 aromatic rings. The van der Waals surface area contributed by atoms with Crippen LogP contribution in [0.5, 0.6) is 0 Å². The van der Waals surface area contributed by atoms with Crippen LogP contribution < -0.4 is 16.0 Å². The Balaban J connectivity index is 1.44. The molecule has 0 unspecified atom stereocenters. The summed E-state index contributed by atoms with van der Waals surface area (Å²) in [5, 5.41) is 12.8. The summed E-state index contributed by atoms with van der Waals surface area (Å²) in [6.45, 7) is 0.644. The van der Waals surface area contributed by atoms with Crippen LogP contribution >= 0.6 is 22.9 Å². The molecule has 0 bridgehead atoms. The molecule has 3 rings (SSSR count). The van der Waals surface area contributed by atoms with Gasteiger partial charge in [-0.15, -0.1) is 0 Å². The van der Waals surface area contributed by atoms with E-state index in [1.165, 1.54) is 0 Å². The first-order chi connectivity index (χ1) is 13.1. The summed E-state index contributed by atoms with van der Waals surface area (Å²) in [5.41, 5.74) is 3.33. The monoisotopic (exact) mass is 399 g/mol. The van der Waals surface area contributed by atoms with Crippen molar-refractivity contribution < 1.29 is 9.59 Å². The minimum Gasteiger partial charge on any atom is -0.350 e. The second kappa shape index (κ2) is 9.21. The maximum absolute atomic E-state index is 12.3. The van der Waals surface area contributed by atoms with E-state index in [2.05, 4.69) is 16.0 Å². The van der Waals surface area contributed by atoms with Crippen molar-refractivity contribution in [3.63, 3.8) is 0 Å². The van der Waals surface area contributed by atoms with Gasteiger partial charge in [-0.25, -0.2) is 4.79 Å². The number of rotatable bonds is 6. The normalized spacial score (nSPS) is 10.3. The van der Waals surface area contributed by atoms with E-state index in [1.807, 2.05) is 35.0 Å². The van der Waals surface area contributed by atoms with Gasteiger partial charge in [0, 0.05) is 29.4 Å². The number of carbonyl (C=O) groups excluding carboxylic acids is 2. The molecule has 3 amide bonds. The topological polar surface area (TPSA) is 70.2 Å². The lowest BCUT2D eigenvalue weighted by atomic mass is 10.1.